The number of hydrogen-bond donors (Lipinski definition) is 5. The van der Waals surface area contributed by atoms with Crippen molar-refractivity contribution in [3.8, 4) is 0 Å². The van der Waals surface area contributed by atoms with E-state index in [1.807, 2.05) is 5.32 Å². The molecule has 0 aliphatic rings. The smallest absolute Gasteiger partial charge is 0.326 e. The van der Waals surface area contributed by atoms with Gasteiger partial charge in [0.05, 0.1) is 12.5 Å². The zero-order chi connectivity index (χ0) is 14.3. The van der Waals surface area contributed by atoms with Crippen LogP contribution < -0.4 is 16.8 Å². The third-order valence-electron chi connectivity index (χ3n) is 2.02. The number of carbonyl (C=O) groups is 4. The van der Waals surface area contributed by atoms with Crippen molar-refractivity contribution in [3.05, 3.63) is 0 Å². The van der Waals surface area contributed by atoms with Gasteiger partial charge in [0.1, 0.15) is 6.04 Å². The van der Waals surface area contributed by atoms with Crippen molar-refractivity contribution in [1.29, 1.82) is 0 Å². The molecule has 0 unspecified atom stereocenters. The van der Waals surface area contributed by atoms with Gasteiger partial charge >= 0.3 is 11.9 Å². The standard InChI is InChI=1S/C9H15N3O6/c10-4(3-6(11)13)8(16)12-5(9(17)18)1-2-7(14)15/h4-5H,1-3,10H2,(H2,11,13)(H,12,16)(H,14,15)(H,17,18)/t4-,5-/m1/s1. The lowest BCUT2D eigenvalue weighted by Gasteiger charge is -2.16. The number of carboxylic acids is 2. The van der Waals surface area contributed by atoms with Gasteiger partial charge in [-0.3, -0.25) is 14.4 Å². The van der Waals surface area contributed by atoms with E-state index in [-0.39, 0.29) is 6.42 Å². The van der Waals surface area contributed by atoms with E-state index in [2.05, 4.69) is 0 Å². The maximum absolute atomic E-state index is 11.4. The first-order valence-corrected chi connectivity index (χ1v) is 5.03. The Balaban J connectivity index is 4.40. The lowest BCUT2D eigenvalue weighted by molar-refractivity contribution is -0.143. The number of nitrogens with two attached hydrogens (primary N) is 2. The maximum atomic E-state index is 11.4. The number of amides is 2. The summed E-state index contributed by atoms with van der Waals surface area (Å²) in [5.41, 5.74) is 10.1. The number of carbonyl (C=O) groups excluding carboxylic acids is 2. The number of rotatable bonds is 8. The molecule has 0 rings (SSSR count). The fourth-order valence-corrected chi connectivity index (χ4v) is 1.11. The predicted molar refractivity (Wildman–Crippen MR) is 58.2 cm³/mol. The molecule has 2 atom stereocenters. The van der Waals surface area contributed by atoms with Crippen LogP contribution >= 0.6 is 0 Å². The van der Waals surface area contributed by atoms with E-state index in [1.165, 1.54) is 0 Å². The van der Waals surface area contributed by atoms with Crippen LogP contribution in [-0.2, 0) is 19.2 Å². The Bertz CT molecular complexity index is 356. The zero-order valence-corrected chi connectivity index (χ0v) is 9.46. The van der Waals surface area contributed by atoms with Crippen molar-refractivity contribution in [3.63, 3.8) is 0 Å². The fraction of sp³-hybridized carbons (Fsp3) is 0.556. The fourth-order valence-electron chi connectivity index (χ4n) is 1.11. The molecule has 0 heterocycles. The third kappa shape index (κ3) is 6.43. The van der Waals surface area contributed by atoms with Crippen molar-refractivity contribution < 1.29 is 29.4 Å². The Morgan fingerprint density at radius 1 is 1.17 bits per heavy atom. The molecule has 9 heteroatoms. The first kappa shape index (κ1) is 15.8. The van der Waals surface area contributed by atoms with E-state index in [9.17, 15) is 19.2 Å². The summed E-state index contributed by atoms with van der Waals surface area (Å²) in [4.78, 5) is 43.0. The molecule has 7 N–H and O–H groups in total. The molecule has 0 aromatic rings. The van der Waals surface area contributed by atoms with E-state index in [4.69, 9.17) is 21.7 Å². The van der Waals surface area contributed by atoms with Crippen molar-refractivity contribution in [1.82, 2.24) is 5.32 Å². The predicted octanol–water partition coefficient (Wildman–Crippen LogP) is -2.38. The van der Waals surface area contributed by atoms with Gasteiger partial charge in [0.2, 0.25) is 11.8 Å². The summed E-state index contributed by atoms with van der Waals surface area (Å²) in [7, 11) is 0. The molecule has 0 spiro atoms. The SMILES string of the molecule is NC(=O)C[C@@H](N)C(=O)N[C@H](CCC(=O)O)C(=O)O. The molecule has 0 bridgehead atoms. The lowest BCUT2D eigenvalue weighted by atomic mass is 10.1. The highest BCUT2D eigenvalue weighted by atomic mass is 16.4. The monoisotopic (exact) mass is 261 g/mol. The average Bonchev–Trinajstić information content (AvgIpc) is 2.21. The number of carboxylic acid groups (broad SMARTS) is 2. The molecule has 0 fully saturated rings. The summed E-state index contributed by atoms with van der Waals surface area (Å²) in [5.74, 6) is -4.23. The first-order valence-electron chi connectivity index (χ1n) is 5.03. The third-order valence-corrected chi connectivity index (χ3v) is 2.02. The molecule has 102 valence electrons. The van der Waals surface area contributed by atoms with Crippen LogP contribution in [0.15, 0.2) is 0 Å². The van der Waals surface area contributed by atoms with E-state index in [0.717, 1.165) is 0 Å². The minimum atomic E-state index is -1.38. The van der Waals surface area contributed by atoms with Gasteiger partial charge in [-0.2, -0.15) is 0 Å². The van der Waals surface area contributed by atoms with E-state index < -0.39 is 48.7 Å². The zero-order valence-electron chi connectivity index (χ0n) is 9.46. The van der Waals surface area contributed by atoms with Gasteiger partial charge in [-0.05, 0) is 6.42 Å². The van der Waals surface area contributed by atoms with Crippen LogP contribution in [0.1, 0.15) is 19.3 Å². The second-order valence-corrected chi connectivity index (χ2v) is 3.61. The van der Waals surface area contributed by atoms with Gasteiger partial charge in [-0.25, -0.2) is 4.79 Å². The normalized spacial score (nSPS) is 13.4. The Morgan fingerprint density at radius 3 is 2.11 bits per heavy atom. The maximum Gasteiger partial charge on any atom is 0.326 e. The highest BCUT2D eigenvalue weighted by Gasteiger charge is 2.24. The Labute approximate surface area is 102 Å². The second-order valence-electron chi connectivity index (χ2n) is 3.61. The molecule has 2 amide bonds. The summed E-state index contributed by atoms with van der Waals surface area (Å²) in [6.07, 6.45) is -1.11. The summed E-state index contributed by atoms with van der Waals surface area (Å²) >= 11 is 0. The topological polar surface area (TPSA) is 173 Å². The van der Waals surface area contributed by atoms with Gasteiger partial charge in [-0.1, -0.05) is 0 Å². The van der Waals surface area contributed by atoms with Gasteiger partial charge in [0, 0.05) is 6.42 Å². The summed E-state index contributed by atoms with van der Waals surface area (Å²) in [6, 6.07) is -2.62. The first-order chi connectivity index (χ1) is 8.23. The molecular formula is C9H15N3O6. The number of nitrogens with one attached hydrogen (secondary N) is 1. The van der Waals surface area contributed by atoms with Crippen LogP contribution in [0.4, 0.5) is 0 Å². The van der Waals surface area contributed by atoms with E-state index in [1.54, 1.807) is 0 Å². The molecular weight excluding hydrogens is 246 g/mol. The molecule has 0 aromatic carbocycles. The molecule has 0 aliphatic heterocycles. The average molecular weight is 261 g/mol. The minimum Gasteiger partial charge on any atom is -0.481 e. The van der Waals surface area contributed by atoms with Gasteiger partial charge in [0.25, 0.3) is 0 Å². The summed E-state index contributed by atoms with van der Waals surface area (Å²) in [5, 5.41) is 19.2. The van der Waals surface area contributed by atoms with Crippen molar-refractivity contribution in [2.24, 2.45) is 11.5 Å². The number of primary amides is 1. The second kappa shape index (κ2) is 7.22. The van der Waals surface area contributed by atoms with E-state index in [0.29, 0.717) is 0 Å². The van der Waals surface area contributed by atoms with Crippen LogP contribution in [0.5, 0.6) is 0 Å². The molecule has 0 aliphatic carbocycles. The molecule has 18 heavy (non-hydrogen) atoms. The Morgan fingerprint density at radius 2 is 1.72 bits per heavy atom. The lowest BCUT2D eigenvalue weighted by Crippen LogP contribution is -2.49. The molecule has 0 aromatic heterocycles. The van der Waals surface area contributed by atoms with Gasteiger partial charge in [-0.15, -0.1) is 0 Å². The highest BCUT2D eigenvalue weighted by molar-refractivity contribution is 5.90. The Hall–Kier alpha value is -2.16. The van der Waals surface area contributed by atoms with Crippen LogP contribution in [0.3, 0.4) is 0 Å². The number of aliphatic carboxylic acids is 2. The van der Waals surface area contributed by atoms with Crippen molar-refractivity contribution in [2.45, 2.75) is 31.3 Å². The largest absolute Gasteiger partial charge is 0.481 e. The molecule has 9 nitrogen and oxygen atoms in total. The van der Waals surface area contributed by atoms with Gasteiger partial charge in [0.15, 0.2) is 0 Å². The van der Waals surface area contributed by atoms with Crippen LogP contribution in [0, 0.1) is 0 Å². The molecule has 0 saturated carbocycles. The van der Waals surface area contributed by atoms with Crippen LogP contribution in [0.2, 0.25) is 0 Å². The number of hydrogen-bond acceptors (Lipinski definition) is 5. The van der Waals surface area contributed by atoms with E-state index >= 15 is 0 Å². The summed E-state index contributed by atoms with van der Waals surface area (Å²) < 4.78 is 0. The quantitative estimate of drug-likeness (QED) is 0.324. The van der Waals surface area contributed by atoms with Gasteiger partial charge < -0.3 is 27.0 Å². The minimum absolute atomic E-state index is 0.278. The highest BCUT2D eigenvalue weighted by Crippen LogP contribution is 1.99. The van der Waals surface area contributed by atoms with Crippen LogP contribution in [-0.4, -0.2) is 46.0 Å². The molecule has 0 radical (unpaired) electrons. The Kier molecular flexibility index (Phi) is 6.35. The summed E-state index contributed by atoms with van der Waals surface area (Å²) in [6.45, 7) is 0. The van der Waals surface area contributed by atoms with Crippen molar-refractivity contribution in [2.75, 3.05) is 0 Å². The van der Waals surface area contributed by atoms with Crippen molar-refractivity contribution >= 4 is 23.8 Å². The van der Waals surface area contributed by atoms with Crippen LogP contribution in [0.25, 0.3) is 0 Å². The molecule has 0 saturated heterocycles.